The maximum Gasteiger partial charge on any atom is 0.336 e. The third-order valence-electron chi connectivity index (χ3n) is 2.92. The molecule has 0 radical (unpaired) electrons. The number of amides is 1. The van der Waals surface area contributed by atoms with E-state index < -0.39 is 12.1 Å². The van der Waals surface area contributed by atoms with Gasteiger partial charge in [0, 0.05) is 11.0 Å². The predicted octanol–water partition coefficient (Wildman–Crippen LogP) is 1.46. The van der Waals surface area contributed by atoms with Crippen LogP contribution >= 0.6 is 15.9 Å². The molecule has 0 aromatic heterocycles. The summed E-state index contributed by atoms with van der Waals surface area (Å²) in [4.78, 5) is 25.4. The molecule has 1 aliphatic heterocycles. The van der Waals surface area contributed by atoms with Crippen molar-refractivity contribution < 1.29 is 19.1 Å². The van der Waals surface area contributed by atoms with Crippen LogP contribution in [0.25, 0.3) is 0 Å². The molecule has 1 fully saturated rings. The quantitative estimate of drug-likeness (QED) is 0.772. The van der Waals surface area contributed by atoms with E-state index in [0.29, 0.717) is 18.7 Å². The van der Waals surface area contributed by atoms with Crippen LogP contribution < -0.4 is 0 Å². The zero-order valence-electron chi connectivity index (χ0n) is 10.5. The van der Waals surface area contributed by atoms with E-state index >= 15 is 0 Å². The Bertz CT molecular complexity index is 491. The van der Waals surface area contributed by atoms with E-state index in [9.17, 15) is 9.59 Å². The third kappa shape index (κ3) is 3.13. The maximum atomic E-state index is 12.4. The number of morpholine rings is 1. The third-order valence-corrected chi connectivity index (χ3v) is 3.61. The highest BCUT2D eigenvalue weighted by molar-refractivity contribution is 9.10. The van der Waals surface area contributed by atoms with Gasteiger partial charge in [0.1, 0.15) is 0 Å². The molecule has 0 N–H and O–H groups in total. The topological polar surface area (TPSA) is 55.8 Å². The van der Waals surface area contributed by atoms with Gasteiger partial charge in [-0.2, -0.15) is 0 Å². The van der Waals surface area contributed by atoms with Gasteiger partial charge in [0.2, 0.25) is 0 Å². The first kappa shape index (κ1) is 14.0. The Morgan fingerprint density at radius 2 is 2.16 bits per heavy atom. The first-order valence-corrected chi connectivity index (χ1v) is 6.66. The minimum absolute atomic E-state index is 0.121. The summed E-state index contributed by atoms with van der Waals surface area (Å²) in [5, 5.41) is 0. The fourth-order valence-corrected chi connectivity index (χ4v) is 2.37. The molecule has 0 saturated carbocycles. The van der Waals surface area contributed by atoms with E-state index in [1.807, 2.05) is 12.1 Å². The van der Waals surface area contributed by atoms with E-state index in [0.717, 1.165) is 4.47 Å². The van der Waals surface area contributed by atoms with Crippen LogP contribution in [0.1, 0.15) is 10.4 Å². The molecular weight excluding hydrogens is 314 g/mol. The molecule has 6 heteroatoms. The average Bonchev–Trinajstić information content (AvgIpc) is 2.46. The normalized spacial score (nSPS) is 19.1. The first-order chi connectivity index (χ1) is 9.13. The Labute approximate surface area is 119 Å². The number of hydrogen-bond acceptors (Lipinski definition) is 4. The Balaban J connectivity index is 2.11. The number of ether oxygens (including phenoxy) is 2. The van der Waals surface area contributed by atoms with Gasteiger partial charge in [0.25, 0.3) is 5.91 Å². The second kappa shape index (κ2) is 6.16. The van der Waals surface area contributed by atoms with Crippen LogP contribution in [-0.4, -0.2) is 49.7 Å². The highest BCUT2D eigenvalue weighted by atomic mass is 79.9. The SMILES string of the molecule is COC(=O)C1CN(C(=O)c2ccccc2Br)CCO1. The van der Waals surface area contributed by atoms with Crippen molar-refractivity contribution >= 4 is 27.8 Å². The van der Waals surface area contributed by atoms with Gasteiger partial charge in [-0.3, -0.25) is 4.79 Å². The summed E-state index contributed by atoms with van der Waals surface area (Å²) in [5.41, 5.74) is 0.577. The molecule has 5 nitrogen and oxygen atoms in total. The van der Waals surface area contributed by atoms with Crippen molar-refractivity contribution in [1.82, 2.24) is 4.90 Å². The lowest BCUT2D eigenvalue weighted by Crippen LogP contribution is -2.49. The number of carbonyl (C=O) groups is 2. The monoisotopic (exact) mass is 327 g/mol. The molecule has 1 aromatic rings. The summed E-state index contributed by atoms with van der Waals surface area (Å²) in [7, 11) is 1.31. The van der Waals surface area contributed by atoms with E-state index in [2.05, 4.69) is 20.7 Å². The highest BCUT2D eigenvalue weighted by Crippen LogP contribution is 2.19. The smallest absolute Gasteiger partial charge is 0.336 e. The van der Waals surface area contributed by atoms with Gasteiger partial charge in [-0.15, -0.1) is 0 Å². The van der Waals surface area contributed by atoms with Gasteiger partial charge in [0.15, 0.2) is 6.10 Å². The summed E-state index contributed by atoms with van der Waals surface area (Å²) < 4.78 is 10.7. The van der Waals surface area contributed by atoms with Crippen LogP contribution in [0.15, 0.2) is 28.7 Å². The predicted molar refractivity (Wildman–Crippen MR) is 71.8 cm³/mol. The van der Waals surface area contributed by atoms with E-state index in [4.69, 9.17) is 4.74 Å². The van der Waals surface area contributed by atoms with Crippen LogP contribution in [0.5, 0.6) is 0 Å². The number of esters is 1. The molecule has 1 atom stereocenters. The summed E-state index contributed by atoms with van der Waals surface area (Å²) in [5.74, 6) is -0.575. The number of methoxy groups -OCH3 is 1. The standard InChI is InChI=1S/C13H14BrNO4/c1-18-13(17)11-8-15(6-7-19-11)12(16)9-4-2-3-5-10(9)14/h2-5,11H,6-8H2,1H3. The van der Waals surface area contributed by atoms with Gasteiger partial charge in [-0.25, -0.2) is 4.79 Å². The second-order valence-corrected chi connectivity index (χ2v) is 4.97. The largest absolute Gasteiger partial charge is 0.467 e. The first-order valence-electron chi connectivity index (χ1n) is 5.86. The Morgan fingerprint density at radius 3 is 2.84 bits per heavy atom. The average molecular weight is 328 g/mol. The lowest BCUT2D eigenvalue weighted by atomic mass is 10.1. The van der Waals surface area contributed by atoms with E-state index in [-0.39, 0.29) is 12.5 Å². The van der Waals surface area contributed by atoms with Crippen molar-refractivity contribution in [2.24, 2.45) is 0 Å². The van der Waals surface area contributed by atoms with Crippen LogP contribution in [0.3, 0.4) is 0 Å². The number of benzene rings is 1. The molecule has 102 valence electrons. The van der Waals surface area contributed by atoms with Crippen molar-refractivity contribution in [1.29, 1.82) is 0 Å². The number of rotatable bonds is 2. The molecule has 2 rings (SSSR count). The lowest BCUT2D eigenvalue weighted by molar-refractivity contribution is -0.158. The molecule has 1 saturated heterocycles. The minimum atomic E-state index is -0.704. The fraction of sp³-hybridized carbons (Fsp3) is 0.385. The summed E-state index contributed by atoms with van der Waals surface area (Å²) in [6.07, 6.45) is -0.704. The molecule has 1 amide bonds. The molecule has 1 unspecified atom stereocenters. The van der Waals surface area contributed by atoms with Gasteiger partial charge >= 0.3 is 5.97 Å². The molecule has 0 spiro atoms. The Hall–Kier alpha value is -1.40. The summed E-state index contributed by atoms with van der Waals surface area (Å²) in [6, 6.07) is 7.20. The molecular formula is C13H14BrNO4. The van der Waals surface area contributed by atoms with Gasteiger partial charge in [0.05, 0.1) is 25.8 Å². The molecule has 19 heavy (non-hydrogen) atoms. The van der Waals surface area contributed by atoms with Crippen molar-refractivity contribution in [2.75, 3.05) is 26.8 Å². The van der Waals surface area contributed by atoms with Crippen molar-refractivity contribution in [3.8, 4) is 0 Å². The van der Waals surface area contributed by atoms with Gasteiger partial charge in [-0.05, 0) is 28.1 Å². The second-order valence-electron chi connectivity index (χ2n) is 4.11. The molecule has 1 aliphatic rings. The van der Waals surface area contributed by atoms with Crippen LogP contribution in [0.4, 0.5) is 0 Å². The van der Waals surface area contributed by atoms with Crippen molar-refractivity contribution in [3.63, 3.8) is 0 Å². The Kier molecular flexibility index (Phi) is 4.55. The van der Waals surface area contributed by atoms with Crippen molar-refractivity contribution in [3.05, 3.63) is 34.3 Å². The van der Waals surface area contributed by atoms with Crippen LogP contribution in [-0.2, 0) is 14.3 Å². The van der Waals surface area contributed by atoms with E-state index in [1.54, 1.807) is 17.0 Å². The highest BCUT2D eigenvalue weighted by Gasteiger charge is 2.30. The number of halogens is 1. The van der Waals surface area contributed by atoms with Crippen LogP contribution in [0, 0.1) is 0 Å². The van der Waals surface area contributed by atoms with Gasteiger partial charge < -0.3 is 14.4 Å². The van der Waals surface area contributed by atoms with E-state index in [1.165, 1.54) is 7.11 Å². The minimum Gasteiger partial charge on any atom is -0.467 e. The molecule has 1 heterocycles. The molecule has 0 bridgehead atoms. The van der Waals surface area contributed by atoms with Crippen molar-refractivity contribution in [2.45, 2.75) is 6.10 Å². The number of nitrogens with zero attached hydrogens (tertiary/aromatic N) is 1. The Morgan fingerprint density at radius 1 is 1.42 bits per heavy atom. The summed E-state index contributed by atoms with van der Waals surface area (Å²) in [6.45, 7) is 1.01. The van der Waals surface area contributed by atoms with Crippen LogP contribution in [0.2, 0.25) is 0 Å². The fourth-order valence-electron chi connectivity index (χ4n) is 1.91. The maximum absolute atomic E-state index is 12.4. The summed E-state index contributed by atoms with van der Waals surface area (Å²) >= 11 is 3.35. The zero-order valence-corrected chi connectivity index (χ0v) is 12.1. The molecule has 0 aliphatic carbocycles. The number of carbonyl (C=O) groups excluding carboxylic acids is 2. The zero-order chi connectivity index (χ0) is 13.8. The lowest BCUT2D eigenvalue weighted by Gasteiger charge is -2.31. The number of hydrogen-bond donors (Lipinski definition) is 0. The molecule has 1 aromatic carbocycles. The van der Waals surface area contributed by atoms with Gasteiger partial charge in [-0.1, -0.05) is 12.1 Å².